The first-order valence-corrected chi connectivity index (χ1v) is 7.95. The van der Waals surface area contributed by atoms with Crippen LogP contribution in [0.4, 0.5) is 13.2 Å². The molecule has 0 radical (unpaired) electrons. The maximum atomic E-state index is 12.5. The van der Waals surface area contributed by atoms with Crippen LogP contribution in [0.3, 0.4) is 0 Å². The summed E-state index contributed by atoms with van der Waals surface area (Å²) in [5.74, 6) is -0.604. The van der Waals surface area contributed by atoms with Crippen LogP contribution < -0.4 is 4.74 Å². The Hall–Kier alpha value is -3.03. The van der Waals surface area contributed by atoms with E-state index in [1.54, 1.807) is 32.0 Å². The van der Waals surface area contributed by atoms with Gasteiger partial charge in [0.05, 0.1) is 11.3 Å². The second-order valence-corrected chi connectivity index (χ2v) is 5.81. The summed E-state index contributed by atoms with van der Waals surface area (Å²) in [6, 6.07) is 9.80. The number of aliphatic carboxylic acids is 1. The molecule has 0 saturated heterocycles. The fraction of sp³-hybridized carbons (Fsp3) is 0.263. The number of carboxylic acids is 1. The molecule has 2 rings (SSSR count). The fourth-order valence-corrected chi connectivity index (χ4v) is 2.22. The van der Waals surface area contributed by atoms with E-state index in [-0.39, 0.29) is 6.61 Å². The van der Waals surface area contributed by atoms with E-state index in [2.05, 4.69) is 5.16 Å². The maximum absolute atomic E-state index is 12.5. The Balaban J connectivity index is 1.97. The number of carboxylic acid groups (broad SMARTS) is 1. The van der Waals surface area contributed by atoms with Gasteiger partial charge in [0, 0.05) is 0 Å². The Kier molecular flexibility index (Phi) is 6.44. The van der Waals surface area contributed by atoms with Crippen LogP contribution in [-0.4, -0.2) is 23.4 Å². The summed E-state index contributed by atoms with van der Waals surface area (Å²) in [7, 11) is 0. The van der Waals surface area contributed by atoms with Gasteiger partial charge in [0.25, 0.3) is 0 Å². The van der Waals surface area contributed by atoms with E-state index < -0.39 is 24.3 Å². The van der Waals surface area contributed by atoms with E-state index in [9.17, 15) is 18.0 Å². The minimum absolute atomic E-state index is 0.0360. The molecule has 144 valence electrons. The first-order chi connectivity index (χ1) is 12.7. The largest absolute Gasteiger partial charge is 0.482 e. The lowest BCUT2D eigenvalue weighted by atomic mass is 10.1. The molecule has 0 saturated carbocycles. The van der Waals surface area contributed by atoms with E-state index in [0.29, 0.717) is 17.0 Å². The standard InChI is InChI=1S/C19H18F3NO4/c1-12-9-15(5-8-17(12)26-11-18(24)25)13(2)23-27-10-14-3-6-16(7-4-14)19(20,21)22/h3-9H,10-11H2,1-2H3,(H,24,25). The number of ether oxygens (including phenoxy) is 1. The van der Waals surface area contributed by atoms with Gasteiger partial charge in [-0.1, -0.05) is 17.3 Å². The molecule has 0 unspecified atom stereocenters. The third kappa shape index (κ3) is 6.02. The number of nitrogens with zero attached hydrogens (tertiary/aromatic N) is 1. The van der Waals surface area contributed by atoms with E-state index in [1.165, 1.54) is 12.1 Å². The van der Waals surface area contributed by atoms with Crippen molar-refractivity contribution in [3.63, 3.8) is 0 Å². The predicted molar refractivity (Wildman–Crippen MR) is 92.8 cm³/mol. The highest BCUT2D eigenvalue weighted by Gasteiger charge is 2.29. The summed E-state index contributed by atoms with van der Waals surface area (Å²) < 4.78 is 42.7. The second-order valence-electron chi connectivity index (χ2n) is 5.81. The number of oxime groups is 1. The lowest BCUT2D eigenvalue weighted by Crippen LogP contribution is -2.10. The number of benzene rings is 2. The topological polar surface area (TPSA) is 68.1 Å². The number of hydrogen-bond donors (Lipinski definition) is 1. The van der Waals surface area contributed by atoms with Crippen molar-refractivity contribution < 1.29 is 32.6 Å². The normalized spacial score (nSPS) is 12.0. The molecule has 1 N–H and O–H groups in total. The quantitative estimate of drug-likeness (QED) is 0.570. The summed E-state index contributed by atoms with van der Waals surface area (Å²) in [6.07, 6.45) is -4.37. The highest BCUT2D eigenvalue weighted by atomic mass is 19.4. The van der Waals surface area contributed by atoms with Crippen LogP contribution in [0.2, 0.25) is 0 Å². The monoisotopic (exact) mass is 381 g/mol. The Morgan fingerprint density at radius 1 is 1.15 bits per heavy atom. The second kappa shape index (κ2) is 8.57. The molecule has 0 aromatic heterocycles. The summed E-state index contributed by atoms with van der Waals surface area (Å²) in [6.45, 7) is 3.11. The van der Waals surface area contributed by atoms with E-state index in [4.69, 9.17) is 14.7 Å². The molecule has 0 heterocycles. The van der Waals surface area contributed by atoms with Gasteiger partial charge in [0.1, 0.15) is 12.4 Å². The van der Waals surface area contributed by atoms with Crippen molar-refractivity contribution >= 4 is 11.7 Å². The molecule has 0 amide bonds. The van der Waals surface area contributed by atoms with Gasteiger partial charge < -0.3 is 14.7 Å². The van der Waals surface area contributed by atoms with Gasteiger partial charge in [-0.3, -0.25) is 0 Å². The predicted octanol–water partition coefficient (Wildman–Crippen LogP) is 4.42. The summed E-state index contributed by atoms with van der Waals surface area (Å²) >= 11 is 0. The highest BCUT2D eigenvalue weighted by Crippen LogP contribution is 2.29. The van der Waals surface area contributed by atoms with E-state index >= 15 is 0 Å². The van der Waals surface area contributed by atoms with Gasteiger partial charge in [0.15, 0.2) is 6.61 Å². The van der Waals surface area contributed by atoms with E-state index in [1.807, 2.05) is 0 Å². The molecule has 8 heteroatoms. The number of carbonyl (C=O) groups is 1. The third-order valence-electron chi connectivity index (χ3n) is 3.66. The molecule has 0 aliphatic heterocycles. The molecule has 5 nitrogen and oxygen atoms in total. The van der Waals surface area contributed by atoms with Crippen molar-refractivity contribution in [3.05, 3.63) is 64.7 Å². The van der Waals surface area contributed by atoms with Crippen molar-refractivity contribution in [1.82, 2.24) is 0 Å². The fourth-order valence-electron chi connectivity index (χ4n) is 2.22. The summed E-state index contributed by atoms with van der Waals surface area (Å²) in [5.41, 5.74) is 1.91. The number of rotatable bonds is 7. The zero-order valence-electron chi connectivity index (χ0n) is 14.7. The molecule has 2 aromatic carbocycles. The van der Waals surface area contributed by atoms with Crippen LogP contribution in [0.5, 0.6) is 5.75 Å². The van der Waals surface area contributed by atoms with Gasteiger partial charge >= 0.3 is 12.1 Å². The van der Waals surface area contributed by atoms with E-state index in [0.717, 1.165) is 23.3 Å². The minimum atomic E-state index is -4.37. The van der Waals surface area contributed by atoms with Crippen molar-refractivity contribution in [2.24, 2.45) is 5.16 Å². The van der Waals surface area contributed by atoms with Crippen LogP contribution in [0.1, 0.15) is 29.2 Å². The highest BCUT2D eigenvalue weighted by molar-refractivity contribution is 5.98. The first-order valence-electron chi connectivity index (χ1n) is 7.95. The number of halogens is 3. The van der Waals surface area contributed by atoms with Gasteiger partial charge in [-0.15, -0.1) is 0 Å². The van der Waals surface area contributed by atoms with Crippen LogP contribution in [0.25, 0.3) is 0 Å². The molecule has 27 heavy (non-hydrogen) atoms. The average Bonchev–Trinajstić information content (AvgIpc) is 2.60. The molecule has 0 atom stereocenters. The maximum Gasteiger partial charge on any atom is 0.416 e. The van der Waals surface area contributed by atoms with Crippen LogP contribution >= 0.6 is 0 Å². The van der Waals surface area contributed by atoms with Gasteiger partial charge in [-0.2, -0.15) is 13.2 Å². The van der Waals surface area contributed by atoms with Crippen LogP contribution in [0.15, 0.2) is 47.6 Å². The molecule has 0 fully saturated rings. The van der Waals surface area contributed by atoms with Crippen molar-refractivity contribution in [2.75, 3.05) is 6.61 Å². The van der Waals surface area contributed by atoms with Crippen LogP contribution in [-0.2, 0) is 22.4 Å². The van der Waals surface area contributed by atoms with Crippen molar-refractivity contribution in [2.45, 2.75) is 26.6 Å². The Morgan fingerprint density at radius 2 is 1.81 bits per heavy atom. The van der Waals surface area contributed by atoms with Crippen LogP contribution in [0, 0.1) is 6.92 Å². The molecular formula is C19H18F3NO4. The van der Waals surface area contributed by atoms with Crippen molar-refractivity contribution in [1.29, 1.82) is 0 Å². The molecule has 0 aliphatic carbocycles. The van der Waals surface area contributed by atoms with Gasteiger partial charge in [-0.05, 0) is 60.9 Å². The lowest BCUT2D eigenvalue weighted by Gasteiger charge is -2.09. The first kappa shape index (κ1) is 20.3. The third-order valence-corrected chi connectivity index (χ3v) is 3.66. The minimum Gasteiger partial charge on any atom is -0.482 e. The Bertz CT molecular complexity index is 830. The average molecular weight is 381 g/mol. The zero-order valence-corrected chi connectivity index (χ0v) is 14.7. The molecule has 2 aromatic rings. The Morgan fingerprint density at radius 3 is 2.37 bits per heavy atom. The summed E-state index contributed by atoms with van der Waals surface area (Å²) in [5, 5.41) is 12.6. The summed E-state index contributed by atoms with van der Waals surface area (Å²) in [4.78, 5) is 15.8. The van der Waals surface area contributed by atoms with Gasteiger partial charge in [-0.25, -0.2) is 4.79 Å². The Labute approximate surface area is 154 Å². The van der Waals surface area contributed by atoms with Crippen molar-refractivity contribution in [3.8, 4) is 5.75 Å². The number of aryl methyl sites for hydroxylation is 1. The molecule has 0 aliphatic rings. The number of alkyl halides is 3. The molecule has 0 spiro atoms. The smallest absolute Gasteiger partial charge is 0.416 e. The molecular weight excluding hydrogens is 363 g/mol. The zero-order chi connectivity index (χ0) is 20.0. The lowest BCUT2D eigenvalue weighted by molar-refractivity contribution is -0.139. The van der Waals surface area contributed by atoms with Gasteiger partial charge in [0.2, 0.25) is 0 Å². The SMILES string of the molecule is CC(=NOCc1ccc(C(F)(F)F)cc1)c1ccc(OCC(=O)O)c(C)c1. The molecule has 0 bridgehead atoms. The number of hydrogen-bond acceptors (Lipinski definition) is 4.